The van der Waals surface area contributed by atoms with E-state index in [1.807, 2.05) is 0 Å². The molecule has 4 unspecified atom stereocenters. The Labute approximate surface area is 126 Å². The fraction of sp³-hybridized carbons (Fsp3) is 0.632. The van der Waals surface area contributed by atoms with Crippen molar-refractivity contribution in [2.24, 2.45) is 16.7 Å². The lowest BCUT2D eigenvalue weighted by molar-refractivity contribution is -0.125. The van der Waals surface area contributed by atoms with Crippen LogP contribution in [0.25, 0.3) is 0 Å². The molecule has 2 saturated carbocycles. The zero-order valence-corrected chi connectivity index (χ0v) is 13.0. The highest BCUT2D eigenvalue weighted by Crippen LogP contribution is 2.59. The van der Waals surface area contributed by atoms with Gasteiger partial charge in [0.2, 0.25) is 0 Å². The van der Waals surface area contributed by atoms with E-state index in [1.54, 1.807) is 0 Å². The predicted octanol–water partition coefficient (Wildman–Crippen LogP) is 3.72. The van der Waals surface area contributed by atoms with Crippen LogP contribution >= 0.6 is 0 Å². The summed E-state index contributed by atoms with van der Waals surface area (Å²) in [7, 11) is 0. The molecule has 4 atom stereocenters. The molecule has 2 nitrogen and oxygen atoms in total. The lowest BCUT2D eigenvalue weighted by Gasteiger charge is -2.48. The second kappa shape index (κ2) is 4.19. The number of Topliss-reactive ketones (excluding diaryl/α,β-unsaturated/α-hetero) is 1. The van der Waals surface area contributed by atoms with Crippen LogP contribution in [0.1, 0.15) is 52.4 Å². The number of aliphatic hydroxyl groups is 1. The molecule has 4 rings (SSSR count). The molecule has 0 amide bonds. The zero-order valence-electron chi connectivity index (χ0n) is 13.0. The average molecular weight is 284 g/mol. The summed E-state index contributed by atoms with van der Waals surface area (Å²) in [5.74, 6) is 0.856. The highest BCUT2D eigenvalue weighted by molar-refractivity contribution is 5.88. The molecule has 4 aliphatic carbocycles. The van der Waals surface area contributed by atoms with Gasteiger partial charge in [0.25, 0.3) is 0 Å². The van der Waals surface area contributed by atoms with Crippen molar-refractivity contribution < 1.29 is 9.90 Å². The summed E-state index contributed by atoms with van der Waals surface area (Å²) < 4.78 is 0. The first-order valence-corrected chi connectivity index (χ1v) is 8.29. The number of aliphatic hydroxyl groups excluding tert-OH is 1. The van der Waals surface area contributed by atoms with Gasteiger partial charge in [0.15, 0.2) is 0 Å². The topological polar surface area (TPSA) is 37.3 Å². The molecule has 0 aromatic carbocycles. The maximum atomic E-state index is 12.3. The van der Waals surface area contributed by atoms with Crippen molar-refractivity contribution in [3.63, 3.8) is 0 Å². The van der Waals surface area contributed by atoms with Gasteiger partial charge in [-0.25, -0.2) is 0 Å². The number of hydrogen-bond donors (Lipinski definition) is 1. The van der Waals surface area contributed by atoms with Crippen molar-refractivity contribution >= 4 is 5.78 Å². The van der Waals surface area contributed by atoms with Gasteiger partial charge >= 0.3 is 0 Å². The first-order chi connectivity index (χ1) is 9.95. The molecule has 112 valence electrons. The van der Waals surface area contributed by atoms with Crippen LogP contribution in [0.15, 0.2) is 34.9 Å². The largest absolute Gasteiger partial charge is 0.393 e. The quantitative estimate of drug-likeness (QED) is 0.736. The minimum Gasteiger partial charge on any atom is -0.393 e. The van der Waals surface area contributed by atoms with E-state index in [-0.39, 0.29) is 16.9 Å². The number of carbonyl (C=O) groups excluding carboxylic acids is 1. The molecular weight excluding hydrogens is 260 g/mol. The summed E-state index contributed by atoms with van der Waals surface area (Å²) in [5.41, 5.74) is 4.19. The van der Waals surface area contributed by atoms with E-state index >= 15 is 0 Å². The molecule has 0 heterocycles. The molecule has 2 heteroatoms. The van der Waals surface area contributed by atoms with E-state index in [0.29, 0.717) is 11.7 Å². The minimum absolute atomic E-state index is 0.0935. The minimum atomic E-state index is -0.179. The van der Waals surface area contributed by atoms with Gasteiger partial charge in [-0.1, -0.05) is 37.6 Å². The number of carbonyl (C=O) groups is 1. The van der Waals surface area contributed by atoms with Crippen molar-refractivity contribution in [3.05, 3.63) is 34.9 Å². The zero-order chi connectivity index (χ0) is 14.8. The van der Waals surface area contributed by atoms with Gasteiger partial charge in [-0.3, -0.25) is 4.79 Å². The number of rotatable bonds is 0. The van der Waals surface area contributed by atoms with E-state index in [1.165, 1.54) is 16.7 Å². The van der Waals surface area contributed by atoms with Gasteiger partial charge in [0, 0.05) is 17.3 Å². The second-order valence-corrected chi connectivity index (χ2v) is 7.80. The van der Waals surface area contributed by atoms with Crippen LogP contribution in [-0.4, -0.2) is 17.0 Å². The van der Waals surface area contributed by atoms with E-state index in [4.69, 9.17) is 0 Å². The molecule has 21 heavy (non-hydrogen) atoms. The Morgan fingerprint density at radius 3 is 2.86 bits per heavy atom. The fourth-order valence-electron chi connectivity index (χ4n) is 5.15. The summed E-state index contributed by atoms with van der Waals surface area (Å²) in [6.45, 7) is 4.50. The van der Waals surface area contributed by atoms with Crippen molar-refractivity contribution in [1.29, 1.82) is 0 Å². The first kappa shape index (κ1) is 13.5. The molecule has 0 aromatic heterocycles. The Morgan fingerprint density at radius 1 is 1.24 bits per heavy atom. The second-order valence-electron chi connectivity index (χ2n) is 7.80. The van der Waals surface area contributed by atoms with Crippen molar-refractivity contribution in [2.75, 3.05) is 0 Å². The molecule has 1 N–H and O–H groups in total. The first-order valence-electron chi connectivity index (χ1n) is 8.29. The van der Waals surface area contributed by atoms with Gasteiger partial charge < -0.3 is 5.11 Å². The van der Waals surface area contributed by atoms with Gasteiger partial charge in [0.05, 0.1) is 6.10 Å². The van der Waals surface area contributed by atoms with Gasteiger partial charge in [-0.15, -0.1) is 0 Å². The van der Waals surface area contributed by atoms with Crippen LogP contribution in [0.2, 0.25) is 0 Å². The Hall–Kier alpha value is -1.15. The van der Waals surface area contributed by atoms with Crippen molar-refractivity contribution in [2.45, 2.75) is 58.5 Å². The number of hydrogen-bond acceptors (Lipinski definition) is 2. The highest BCUT2D eigenvalue weighted by atomic mass is 16.3. The fourth-order valence-corrected chi connectivity index (χ4v) is 5.15. The Kier molecular flexibility index (Phi) is 2.70. The van der Waals surface area contributed by atoms with Crippen LogP contribution in [0, 0.1) is 16.7 Å². The van der Waals surface area contributed by atoms with Gasteiger partial charge in [-0.2, -0.15) is 0 Å². The summed E-state index contributed by atoms with van der Waals surface area (Å²) in [5, 5.41) is 9.96. The van der Waals surface area contributed by atoms with Crippen LogP contribution in [0.4, 0.5) is 0 Å². The third-order valence-corrected chi connectivity index (χ3v) is 6.68. The standard InChI is InChI=1S/C19H24O2/c1-18-9-7-13(20)11-12(18)3-4-14-15-5-6-17(21)19(15,2)10-8-16(14)18/h3-4,8,13,15,20H,5-7,9-11H2,1-2H3. The molecule has 4 aliphatic rings. The van der Waals surface area contributed by atoms with Gasteiger partial charge in [-0.05, 0) is 49.2 Å². The van der Waals surface area contributed by atoms with Crippen LogP contribution in [-0.2, 0) is 4.79 Å². The number of allylic oxidation sites excluding steroid dienone is 5. The SMILES string of the molecule is CC12CCC(O)CC1=CC=C1C2=CCC2(C)C(=O)CCC12. The smallest absolute Gasteiger partial charge is 0.139 e. The molecule has 2 fully saturated rings. The predicted molar refractivity (Wildman–Crippen MR) is 82.7 cm³/mol. The third-order valence-electron chi connectivity index (χ3n) is 6.68. The van der Waals surface area contributed by atoms with Crippen LogP contribution in [0.5, 0.6) is 0 Å². The van der Waals surface area contributed by atoms with E-state index in [2.05, 4.69) is 32.1 Å². The lowest BCUT2D eigenvalue weighted by Crippen LogP contribution is -2.40. The Morgan fingerprint density at radius 2 is 2.05 bits per heavy atom. The van der Waals surface area contributed by atoms with E-state index in [9.17, 15) is 9.90 Å². The molecule has 0 bridgehead atoms. The molecular formula is C19H24O2. The molecule has 0 aliphatic heterocycles. The Balaban J connectivity index is 1.82. The summed E-state index contributed by atoms with van der Waals surface area (Å²) >= 11 is 0. The summed E-state index contributed by atoms with van der Waals surface area (Å²) in [6.07, 6.45) is 12.0. The monoisotopic (exact) mass is 284 g/mol. The lowest BCUT2D eigenvalue weighted by atomic mass is 9.56. The Bertz CT molecular complexity index is 609. The molecule has 0 radical (unpaired) electrons. The number of fused-ring (bicyclic) bond motifs is 5. The molecule has 0 aromatic rings. The average Bonchev–Trinajstić information content (AvgIpc) is 2.76. The maximum absolute atomic E-state index is 12.3. The summed E-state index contributed by atoms with van der Waals surface area (Å²) in [4.78, 5) is 12.3. The highest BCUT2D eigenvalue weighted by Gasteiger charge is 2.53. The van der Waals surface area contributed by atoms with Crippen molar-refractivity contribution in [3.8, 4) is 0 Å². The molecule has 0 saturated heterocycles. The maximum Gasteiger partial charge on any atom is 0.139 e. The third kappa shape index (κ3) is 1.66. The van der Waals surface area contributed by atoms with Crippen molar-refractivity contribution in [1.82, 2.24) is 0 Å². The molecule has 0 spiro atoms. The summed E-state index contributed by atoms with van der Waals surface area (Å²) in [6, 6.07) is 0. The van der Waals surface area contributed by atoms with E-state index in [0.717, 1.165) is 38.5 Å². The van der Waals surface area contributed by atoms with Crippen LogP contribution < -0.4 is 0 Å². The normalized spacial score (nSPS) is 45.1. The van der Waals surface area contributed by atoms with Gasteiger partial charge in [0.1, 0.15) is 5.78 Å². The van der Waals surface area contributed by atoms with Crippen LogP contribution in [0.3, 0.4) is 0 Å². The van der Waals surface area contributed by atoms with E-state index < -0.39 is 0 Å². The number of ketones is 1.